The number of para-hydroxylation sites is 2. The summed E-state index contributed by atoms with van der Waals surface area (Å²) in [6.45, 7) is 5.54. The number of hydrogen-bond acceptors (Lipinski definition) is 3. The summed E-state index contributed by atoms with van der Waals surface area (Å²) >= 11 is 0. The molecule has 0 bridgehead atoms. The van der Waals surface area contributed by atoms with Crippen molar-refractivity contribution < 1.29 is 9.53 Å². The molecular formula is C29H33N3O2. The Labute approximate surface area is 201 Å². The van der Waals surface area contributed by atoms with Gasteiger partial charge in [0.25, 0.3) is 5.91 Å². The molecule has 0 saturated heterocycles. The number of aryl methyl sites for hydroxylation is 3. The van der Waals surface area contributed by atoms with Gasteiger partial charge in [-0.2, -0.15) is 0 Å². The van der Waals surface area contributed by atoms with Crippen LogP contribution in [-0.2, 0) is 17.8 Å². The molecule has 3 aromatic carbocycles. The van der Waals surface area contributed by atoms with Crippen LogP contribution in [0.1, 0.15) is 41.8 Å². The van der Waals surface area contributed by atoms with Crippen LogP contribution in [-0.4, -0.2) is 28.6 Å². The van der Waals surface area contributed by atoms with Gasteiger partial charge in [-0.15, -0.1) is 0 Å². The lowest BCUT2D eigenvalue weighted by Gasteiger charge is -2.11. The number of carbonyl (C=O) groups excluding carboxylic acids is 1. The van der Waals surface area contributed by atoms with E-state index in [9.17, 15) is 4.79 Å². The minimum absolute atomic E-state index is 0.0494. The number of nitrogens with zero attached hydrogens (tertiary/aromatic N) is 2. The second kappa shape index (κ2) is 11.5. The predicted molar refractivity (Wildman–Crippen MR) is 137 cm³/mol. The number of carbonyl (C=O) groups is 1. The Morgan fingerprint density at radius 3 is 2.59 bits per heavy atom. The van der Waals surface area contributed by atoms with Crippen LogP contribution in [0.4, 0.5) is 0 Å². The number of aromatic nitrogens is 2. The summed E-state index contributed by atoms with van der Waals surface area (Å²) in [5, 5.41) is 2.97. The Kier molecular flexibility index (Phi) is 7.97. The van der Waals surface area contributed by atoms with Crippen molar-refractivity contribution in [3.63, 3.8) is 0 Å². The van der Waals surface area contributed by atoms with Gasteiger partial charge in [0.15, 0.2) is 6.61 Å². The predicted octanol–water partition coefficient (Wildman–Crippen LogP) is 5.61. The summed E-state index contributed by atoms with van der Waals surface area (Å²) < 4.78 is 8.01. The minimum atomic E-state index is -0.0782. The van der Waals surface area contributed by atoms with Gasteiger partial charge in [-0.3, -0.25) is 4.79 Å². The van der Waals surface area contributed by atoms with Gasteiger partial charge >= 0.3 is 0 Å². The topological polar surface area (TPSA) is 56.1 Å². The Morgan fingerprint density at radius 2 is 1.74 bits per heavy atom. The molecule has 0 aliphatic heterocycles. The van der Waals surface area contributed by atoms with Gasteiger partial charge in [-0.25, -0.2) is 4.98 Å². The summed E-state index contributed by atoms with van der Waals surface area (Å²) in [7, 11) is 0. The number of unbranched alkanes of at least 4 members (excludes halogenated alkanes) is 2. The molecule has 1 amide bonds. The highest BCUT2D eigenvalue weighted by atomic mass is 16.5. The number of ether oxygens (including phenoxy) is 1. The molecular weight excluding hydrogens is 422 g/mol. The number of rotatable bonds is 11. The maximum atomic E-state index is 12.1. The average Bonchev–Trinajstić information content (AvgIpc) is 3.19. The molecule has 0 saturated carbocycles. The van der Waals surface area contributed by atoms with E-state index in [1.54, 1.807) is 0 Å². The van der Waals surface area contributed by atoms with Crippen molar-refractivity contribution in [1.82, 2.24) is 14.9 Å². The molecule has 0 spiro atoms. The molecule has 0 unspecified atom stereocenters. The number of hydrogen-bond donors (Lipinski definition) is 1. The highest BCUT2D eigenvalue weighted by Gasteiger charge is 2.11. The molecule has 0 fully saturated rings. The van der Waals surface area contributed by atoms with Crippen LogP contribution in [0.2, 0.25) is 0 Å². The van der Waals surface area contributed by atoms with Crippen molar-refractivity contribution in [2.45, 2.75) is 46.1 Å². The van der Waals surface area contributed by atoms with Gasteiger partial charge in [0, 0.05) is 19.5 Å². The van der Waals surface area contributed by atoms with Gasteiger partial charge in [-0.1, -0.05) is 61.0 Å². The fourth-order valence-electron chi connectivity index (χ4n) is 4.13. The van der Waals surface area contributed by atoms with E-state index in [0.29, 0.717) is 6.54 Å². The number of benzene rings is 3. The molecule has 0 aliphatic rings. The molecule has 0 radical (unpaired) electrons. The van der Waals surface area contributed by atoms with Gasteiger partial charge in [0.2, 0.25) is 0 Å². The van der Waals surface area contributed by atoms with E-state index < -0.39 is 0 Å². The smallest absolute Gasteiger partial charge is 0.257 e. The van der Waals surface area contributed by atoms with Crippen LogP contribution in [0.15, 0.2) is 72.8 Å². The van der Waals surface area contributed by atoms with Crippen LogP contribution in [0.25, 0.3) is 11.0 Å². The van der Waals surface area contributed by atoms with E-state index in [0.717, 1.165) is 60.4 Å². The highest BCUT2D eigenvalue weighted by Crippen LogP contribution is 2.20. The molecule has 34 heavy (non-hydrogen) atoms. The Balaban J connectivity index is 1.22. The van der Waals surface area contributed by atoms with Crippen LogP contribution in [0.3, 0.4) is 0 Å². The lowest BCUT2D eigenvalue weighted by atomic mass is 10.1. The summed E-state index contributed by atoms with van der Waals surface area (Å²) in [6.07, 6.45) is 3.93. The third kappa shape index (κ3) is 6.25. The zero-order valence-electron chi connectivity index (χ0n) is 20.1. The van der Waals surface area contributed by atoms with E-state index in [1.165, 1.54) is 11.1 Å². The van der Waals surface area contributed by atoms with Crippen molar-refractivity contribution in [2.75, 3.05) is 13.2 Å². The zero-order valence-corrected chi connectivity index (χ0v) is 20.1. The Bertz CT molecular complexity index is 1230. The summed E-state index contributed by atoms with van der Waals surface area (Å²) in [5.74, 6) is 1.81. The molecule has 4 rings (SSSR count). The summed E-state index contributed by atoms with van der Waals surface area (Å²) in [4.78, 5) is 17.0. The maximum Gasteiger partial charge on any atom is 0.257 e. The second-order valence-electron chi connectivity index (χ2n) is 8.81. The third-order valence-corrected chi connectivity index (χ3v) is 6.02. The number of amides is 1. The monoisotopic (exact) mass is 455 g/mol. The van der Waals surface area contributed by atoms with Gasteiger partial charge in [0.1, 0.15) is 11.6 Å². The van der Waals surface area contributed by atoms with Crippen LogP contribution in [0.5, 0.6) is 5.75 Å². The zero-order chi connectivity index (χ0) is 23.8. The third-order valence-electron chi connectivity index (χ3n) is 6.02. The van der Waals surface area contributed by atoms with Crippen molar-refractivity contribution in [1.29, 1.82) is 0 Å². The fraction of sp³-hybridized carbons (Fsp3) is 0.310. The largest absolute Gasteiger partial charge is 0.483 e. The molecule has 1 aromatic heterocycles. The number of imidazole rings is 1. The average molecular weight is 456 g/mol. The van der Waals surface area contributed by atoms with Crippen LogP contribution >= 0.6 is 0 Å². The number of fused-ring (bicyclic) bond motifs is 1. The maximum absolute atomic E-state index is 12.1. The van der Waals surface area contributed by atoms with E-state index >= 15 is 0 Å². The fourth-order valence-corrected chi connectivity index (χ4v) is 4.13. The molecule has 176 valence electrons. The number of nitrogens with one attached hydrogen (secondary N) is 1. The van der Waals surface area contributed by atoms with Crippen LogP contribution in [0, 0.1) is 13.8 Å². The van der Waals surface area contributed by atoms with Gasteiger partial charge in [0.05, 0.1) is 11.0 Å². The second-order valence-corrected chi connectivity index (χ2v) is 8.81. The minimum Gasteiger partial charge on any atom is -0.483 e. The van der Waals surface area contributed by atoms with E-state index in [-0.39, 0.29) is 12.5 Å². The van der Waals surface area contributed by atoms with Crippen molar-refractivity contribution in [3.05, 3.63) is 95.3 Å². The summed E-state index contributed by atoms with van der Waals surface area (Å²) in [6, 6.07) is 24.9. The Morgan fingerprint density at radius 1 is 0.941 bits per heavy atom. The molecule has 1 heterocycles. The summed E-state index contributed by atoms with van der Waals surface area (Å²) in [5.41, 5.74) is 5.66. The molecule has 4 aromatic rings. The van der Waals surface area contributed by atoms with E-state index in [4.69, 9.17) is 9.72 Å². The molecule has 0 aliphatic carbocycles. The highest BCUT2D eigenvalue weighted by molar-refractivity contribution is 5.77. The molecule has 5 heteroatoms. The van der Waals surface area contributed by atoms with Gasteiger partial charge < -0.3 is 14.6 Å². The standard InChI is InChI=1S/C29H33N3O2/c1-22-16-17-23(2)27(19-22)34-21-29(33)30-18-10-4-7-15-28-31-25-13-8-9-14-26(25)32(28)20-24-11-5-3-6-12-24/h3,5-6,8-9,11-14,16-17,19H,4,7,10,15,18,20-21H2,1-2H3,(H,30,33). The first kappa shape index (κ1) is 23.6. The van der Waals surface area contributed by atoms with Gasteiger partial charge in [-0.05, 0) is 61.6 Å². The van der Waals surface area contributed by atoms with Crippen molar-refractivity contribution >= 4 is 16.9 Å². The first-order valence-electron chi connectivity index (χ1n) is 12.0. The van der Waals surface area contributed by atoms with Crippen molar-refractivity contribution in [3.8, 4) is 5.75 Å². The lowest BCUT2D eigenvalue weighted by Crippen LogP contribution is -2.29. The normalized spacial score (nSPS) is 11.0. The van der Waals surface area contributed by atoms with Crippen LogP contribution < -0.4 is 10.1 Å². The van der Waals surface area contributed by atoms with Crippen molar-refractivity contribution in [2.24, 2.45) is 0 Å². The molecule has 0 atom stereocenters. The van der Waals surface area contributed by atoms with E-state index in [2.05, 4.69) is 52.3 Å². The molecule has 1 N–H and O–H groups in total. The van der Waals surface area contributed by atoms with E-state index in [1.807, 2.05) is 44.2 Å². The Hall–Kier alpha value is -3.60. The lowest BCUT2D eigenvalue weighted by molar-refractivity contribution is -0.123. The SMILES string of the molecule is Cc1ccc(C)c(OCC(=O)NCCCCCc2nc3ccccc3n2Cc2ccccc2)c1. The first-order chi connectivity index (χ1) is 16.6. The first-order valence-corrected chi connectivity index (χ1v) is 12.0. The molecule has 5 nitrogen and oxygen atoms in total. The quantitative estimate of drug-likeness (QED) is 0.299.